The van der Waals surface area contributed by atoms with E-state index in [0.717, 1.165) is 18.9 Å². The highest BCUT2D eigenvalue weighted by Gasteiger charge is 2.32. The van der Waals surface area contributed by atoms with E-state index in [1.165, 1.54) is 19.3 Å². The van der Waals surface area contributed by atoms with Gasteiger partial charge in [-0.15, -0.1) is 0 Å². The van der Waals surface area contributed by atoms with Gasteiger partial charge in [0, 0.05) is 13.0 Å². The number of hydrogen-bond acceptors (Lipinski definition) is 2. The molecule has 0 spiro atoms. The average molecular weight is 240 g/mol. The summed E-state index contributed by atoms with van der Waals surface area (Å²) in [6.07, 6.45) is 5.24. The summed E-state index contributed by atoms with van der Waals surface area (Å²) in [5, 5.41) is 2.95. The fourth-order valence-electron chi connectivity index (χ4n) is 3.36. The molecule has 17 heavy (non-hydrogen) atoms. The highest BCUT2D eigenvalue weighted by atomic mass is 16.1. The molecule has 0 aromatic rings. The number of rotatable bonds is 5. The molecule has 1 rings (SSSR count). The lowest BCUT2D eigenvalue weighted by Gasteiger charge is -2.38. The molecule has 1 aliphatic carbocycles. The summed E-state index contributed by atoms with van der Waals surface area (Å²) in [5.41, 5.74) is 5.80. The lowest BCUT2D eigenvalue weighted by Crippen LogP contribution is -2.33. The number of hydrogen-bond donors (Lipinski definition) is 2. The van der Waals surface area contributed by atoms with Crippen LogP contribution in [0.5, 0.6) is 0 Å². The summed E-state index contributed by atoms with van der Waals surface area (Å²) < 4.78 is 0. The van der Waals surface area contributed by atoms with Crippen molar-refractivity contribution in [3.63, 3.8) is 0 Å². The van der Waals surface area contributed by atoms with Crippen molar-refractivity contribution in [2.75, 3.05) is 13.1 Å². The second-order valence-electron chi connectivity index (χ2n) is 6.48. The second kappa shape index (κ2) is 6.39. The lowest BCUT2D eigenvalue weighted by molar-refractivity contribution is -0.122. The van der Waals surface area contributed by atoms with Gasteiger partial charge >= 0.3 is 0 Å². The summed E-state index contributed by atoms with van der Waals surface area (Å²) in [7, 11) is 0. The van der Waals surface area contributed by atoms with E-state index in [2.05, 4.69) is 26.1 Å². The minimum absolute atomic E-state index is 0.202. The van der Waals surface area contributed by atoms with Gasteiger partial charge in [-0.25, -0.2) is 0 Å². The van der Waals surface area contributed by atoms with Crippen LogP contribution in [0.2, 0.25) is 0 Å². The Kier molecular flexibility index (Phi) is 5.44. The normalized spacial score (nSPS) is 27.8. The number of carbonyl (C=O) groups is 1. The Balaban J connectivity index is 2.32. The van der Waals surface area contributed by atoms with Gasteiger partial charge in [0.1, 0.15) is 0 Å². The molecule has 1 aliphatic rings. The molecular weight excluding hydrogens is 212 g/mol. The van der Waals surface area contributed by atoms with Crippen LogP contribution >= 0.6 is 0 Å². The number of nitrogens with two attached hydrogens (primary N) is 1. The average Bonchev–Trinajstić information content (AvgIpc) is 2.14. The summed E-state index contributed by atoms with van der Waals surface area (Å²) in [6, 6.07) is 0. The van der Waals surface area contributed by atoms with Crippen molar-refractivity contribution < 1.29 is 4.79 Å². The first kappa shape index (κ1) is 14.5. The molecule has 2 unspecified atom stereocenters. The molecule has 0 bridgehead atoms. The van der Waals surface area contributed by atoms with Gasteiger partial charge in [0.15, 0.2) is 0 Å². The Morgan fingerprint density at radius 3 is 2.71 bits per heavy atom. The highest BCUT2D eigenvalue weighted by molar-refractivity contribution is 5.76. The molecule has 0 saturated heterocycles. The van der Waals surface area contributed by atoms with E-state index in [1.807, 2.05) is 0 Å². The molecule has 0 aromatic carbocycles. The third-order valence-electron chi connectivity index (χ3n) is 3.66. The SMILES string of the molecule is CC1CC(CC(=O)NCCCN)CC(C)(C)C1. The maximum atomic E-state index is 11.8. The zero-order valence-corrected chi connectivity index (χ0v) is 11.6. The van der Waals surface area contributed by atoms with Crippen LogP contribution in [-0.2, 0) is 4.79 Å². The van der Waals surface area contributed by atoms with Crippen LogP contribution in [0.25, 0.3) is 0 Å². The van der Waals surface area contributed by atoms with Gasteiger partial charge in [-0.1, -0.05) is 20.8 Å². The largest absolute Gasteiger partial charge is 0.356 e. The van der Waals surface area contributed by atoms with Gasteiger partial charge in [0.2, 0.25) is 5.91 Å². The van der Waals surface area contributed by atoms with Gasteiger partial charge < -0.3 is 11.1 Å². The maximum Gasteiger partial charge on any atom is 0.220 e. The number of amides is 1. The van der Waals surface area contributed by atoms with Crippen molar-refractivity contribution in [3.05, 3.63) is 0 Å². The van der Waals surface area contributed by atoms with Crippen molar-refractivity contribution in [1.82, 2.24) is 5.32 Å². The highest BCUT2D eigenvalue weighted by Crippen LogP contribution is 2.42. The van der Waals surface area contributed by atoms with Crippen LogP contribution < -0.4 is 11.1 Å². The van der Waals surface area contributed by atoms with Crippen molar-refractivity contribution in [1.29, 1.82) is 0 Å². The van der Waals surface area contributed by atoms with Crippen LogP contribution in [0.4, 0.5) is 0 Å². The molecular formula is C14H28N2O. The molecule has 2 atom stereocenters. The van der Waals surface area contributed by atoms with Crippen LogP contribution in [0.3, 0.4) is 0 Å². The van der Waals surface area contributed by atoms with E-state index < -0.39 is 0 Å². The van der Waals surface area contributed by atoms with E-state index in [0.29, 0.717) is 24.3 Å². The Morgan fingerprint density at radius 1 is 1.41 bits per heavy atom. The number of nitrogens with one attached hydrogen (secondary N) is 1. The van der Waals surface area contributed by atoms with E-state index in [9.17, 15) is 4.79 Å². The fourth-order valence-corrected chi connectivity index (χ4v) is 3.36. The standard InChI is InChI=1S/C14H28N2O/c1-11-7-12(10-14(2,3)9-11)8-13(17)16-6-4-5-15/h11-12H,4-10,15H2,1-3H3,(H,16,17). The van der Waals surface area contributed by atoms with Gasteiger partial charge in [0.25, 0.3) is 0 Å². The number of carbonyl (C=O) groups excluding carboxylic acids is 1. The molecule has 1 amide bonds. The molecule has 0 aliphatic heterocycles. The van der Waals surface area contributed by atoms with E-state index in [-0.39, 0.29) is 5.91 Å². The third-order valence-corrected chi connectivity index (χ3v) is 3.66. The summed E-state index contributed by atoms with van der Waals surface area (Å²) in [5.74, 6) is 1.51. The Hall–Kier alpha value is -0.570. The third kappa shape index (κ3) is 5.53. The van der Waals surface area contributed by atoms with Crippen LogP contribution in [0, 0.1) is 17.3 Å². The van der Waals surface area contributed by atoms with E-state index >= 15 is 0 Å². The second-order valence-corrected chi connectivity index (χ2v) is 6.48. The molecule has 3 heteroatoms. The zero-order valence-electron chi connectivity index (χ0n) is 11.6. The molecule has 1 fully saturated rings. The Bertz CT molecular complexity index is 251. The quantitative estimate of drug-likeness (QED) is 0.725. The van der Waals surface area contributed by atoms with Crippen molar-refractivity contribution >= 4 is 5.91 Å². The van der Waals surface area contributed by atoms with Crippen molar-refractivity contribution in [3.8, 4) is 0 Å². The Morgan fingerprint density at radius 2 is 2.12 bits per heavy atom. The minimum Gasteiger partial charge on any atom is -0.356 e. The van der Waals surface area contributed by atoms with Crippen molar-refractivity contribution in [2.24, 2.45) is 23.0 Å². The first-order valence-electron chi connectivity index (χ1n) is 6.90. The predicted octanol–water partition coefficient (Wildman–Crippen LogP) is 2.30. The fraction of sp³-hybridized carbons (Fsp3) is 0.929. The monoisotopic (exact) mass is 240 g/mol. The predicted molar refractivity (Wildman–Crippen MR) is 71.6 cm³/mol. The maximum absolute atomic E-state index is 11.8. The molecule has 0 radical (unpaired) electrons. The molecule has 0 aromatic heterocycles. The van der Waals surface area contributed by atoms with Gasteiger partial charge in [-0.2, -0.15) is 0 Å². The van der Waals surface area contributed by atoms with Gasteiger partial charge in [0.05, 0.1) is 0 Å². The first-order chi connectivity index (χ1) is 7.93. The molecule has 1 saturated carbocycles. The molecule has 3 N–H and O–H groups in total. The zero-order chi connectivity index (χ0) is 12.9. The van der Waals surface area contributed by atoms with Crippen LogP contribution in [0.15, 0.2) is 0 Å². The lowest BCUT2D eigenvalue weighted by atomic mass is 9.67. The smallest absolute Gasteiger partial charge is 0.220 e. The van der Waals surface area contributed by atoms with Crippen molar-refractivity contribution in [2.45, 2.75) is 52.9 Å². The van der Waals surface area contributed by atoms with Gasteiger partial charge in [-0.05, 0) is 49.5 Å². The van der Waals surface area contributed by atoms with Crippen LogP contribution in [0.1, 0.15) is 52.9 Å². The van der Waals surface area contributed by atoms with E-state index in [1.54, 1.807) is 0 Å². The molecule has 100 valence electrons. The summed E-state index contributed by atoms with van der Waals surface area (Å²) >= 11 is 0. The molecule has 3 nitrogen and oxygen atoms in total. The van der Waals surface area contributed by atoms with E-state index in [4.69, 9.17) is 5.73 Å². The topological polar surface area (TPSA) is 55.1 Å². The van der Waals surface area contributed by atoms with Gasteiger partial charge in [-0.3, -0.25) is 4.79 Å². The summed E-state index contributed by atoms with van der Waals surface area (Å²) in [6.45, 7) is 8.32. The summed E-state index contributed by atoms with van der Waals surface area (Å²) in [4.78, 5) is 11.8. The molecule has 0 heterocycles. The van der Waals surface area contributed by atoms with Crippen LogP contribution in [-0.4, -0.2) is 19.0 Å². The first-order valence-corrected chi connectivity index (χ1v) is 6.90. The Labute approximate surface area is 106 Å². The minimum atomic E-state index is 0.202.